The van der Waals surface area contributed by atoms with Gasteiger partial charge in [-0.3, -0.25) is 14.8 Å². The van der Waals surface area contributed by atoms with Crippen LogP contribution < -0.4 is 5.73 Å². The fourth-order valence-corrected chi connectivity index (χ4v) is 1.87. The van der Waals surface area contributed by atoms with Crippen LogP contribution in [0.3, 0.4) is 0 Å². The van der Waals surface area contributed by atoms with Crippen LogP contribution in [0.15, 0.2) is 36.7 Å². The van der Waals surface area contributed by atoms with Crippen LogP contribution in [0.1, 0.15) is 24.1 Å². The van der Waals surface area contributed by atoms with E-state index in [1.165, 1.54) is 6.07 Å². The fraction of sp³-hybridized carbons (Fsp3) is 0.308. The van der Waals surface area contributed by atoms with Gasteiger partial charge >= 0.3 is 0 Å². The third kappa shape index (κ3) is 3.17. The number of aryl methyl sites for hydroxylation is 2. The molecular weight excluding hydrogens is 244 g/mol. The molecule has 0 bridgehead atoms. The minimum absolute atomic E-state index is 0.0557. The average Bonchev–Trinajstić information content (AvgIpc) is 2.85. The molecule has 6 heteroatoms. The molecule has 19 heavy (non-hydrogen) atoms. The number of nitrogens with two attached hydrogens (primary N) is 1. The molecule has 6 nitrogen and oxygen atoms in total. The van der Waals surface area contributed by atoms with E-state index >= 15 is 0 Å². The molecule has 1 unspecified atom stereocenters. The molecule has 0 saturated heterocycles. The van der Waals surface area contributed by atoms with Crippen molar-refractivity contribution in [2.24, 2.45) is 5.73 Å². The Labute approximate surface area is 111 Å². The lowest BCUT2D eigenvalue weighted by atomic mass is 10.1. The lowest BCUT2D eigenvalue weighted by molar-refractivity contribution is -0.385. The first-order chi connectivity index (χ1) is 9.08. The van der Waals surface area contributed by atoms with E-state index in [0.717, 1.165) is 5.56 Å². The smallest absolute Gasteiger partial charge is 0.272 e. The van der Waals surface area contributed by atoms with Crippen LogP contribution >= 0.6 is 0 Å². The maximum Gasteiger partial charge on any atom is 0.272 e. The van der Waals surface area contributed by atoms with Crippen LogP contribution in [0.2, 0.25) is 0 Å². The van der Waals surface area contributed by atoms with Gasteiger partial charge in [0, 0.05) is 36.0 Å². The first-order valence-electron chi connectivity index (χ1n) is 6.08. The van der Waals surface area contributed by atoms with Crippen LogP contribution in [0, 0.1) is 10.1 Å². The molecule has 0 fully saturated rings. The summed E-state index contributed by atoms with van der Waals surface area (Å²) in [6, 6.07) is 6.71. The molecule has 1 heterocycles. The summed E-state index contributed by atoms with van der Waals surface area (Å²) in [6.07, 6.45) is 4.17. The molecule has 100 valence electrons. The van der Waals surface area contributed by atoms with Crippen molar-refractivity contribution in [3.05, 3.63) is 57.9 Å². The molecule has 0 aliphatic rings. The number of benzene rings is 1. The van der Waals surface area contributed by atoms with E-state index in [1.54, 1.807) is 29.1 Å². The van der Waals surface area contributed by atoms with Crippen LogP contribution in [0.4, 0.5) is 5.69 Å². The maximum atomic E-state index is 10.9. The Morgan fingerprint density at radius 1 is 1.47 bits per heavy atom. The first kappa shape index (κ1) is 13.2. The van der Waals surface area contributed by atoms with E-state index in [2.05, 4.69) is 5.10 Å². The van der Waals surface area contributed by atoms with Crippen molar-refractivity contribution in [2.75, 3.05) is 0 Å². The standard InChI is InChI=1S/C13H16N4O2/c1-10(14)12-8-15-16(9-12)7-6-11-4-2-3-5-13(11)17(18)19/h2-5,8-10H,6-7,14H2,1H3. The molecule has 1 aromatic heterocycles. The van der Waals surface area contributed by atoms with Gasteiger partial charge in [0.2, 0.25) is 0 Å². The predicted octanol–water partition coefficient (Wildman–Crippen LogP) is 2.05. The number of nitro benzene ring substituents is 1. The van der Waals surface area contributed by atoms with Gasteiger partial charge in [0.05, 0.1) is 11.1 Å². The topological polar surface area (TPSA) is 87.0 Å². The van der Waals surface area contributed by atoms with Crippen LogP contribution in [-0.2, 0) is 13.0 Å². The van der Waals surface area contributed by atoms with Gasteiger partial charge in [-0.25, -0.2) is 0 Å². The second-order valence-corrected chi connectivity index (χ2v) is 4.46. The molecule has 0 spiro atoms. The van der Waals surface area contributed by atoms with Crippen molar-refractivity contribution in [1.29, 1.82) is 0 Å². The highest BCUT2D eigenvalue weighted by Gasteiger charge is 2.12. The van der Waals surface area contributed by atoms with Gasteiger partial charge in [-0.05, 0) is 13.3 Å². The summed E-state index contributed by atoms with van der Waals surface area (Å²) < 4.78 is 1.76. The van der Waals surface area contributed by atoms with Crippen molar-refractivity contribution < 1.29 is 4.92 Å². The Morgan fingerprint density at radius 2 is 2.21 bits per heavy atom. The minimum atomic E-state index is -0.355. The lowest BCUT2D eigenvalue weighted by Gasteiger charge is -2.03. The molecule has 0 saturated carbocycles. The number of hydrogen-bond donors (Lipinski definition) is 1. The highest BCUT2D eigenvalue weighted by atomic mass is 16.6. The van der Waals surface area contributed by atoms with Crippen molar-refractivity contribution in [3.8, 4) is 0 Å². The Balaban J connectivity index is 2.08. The monoisotopic (exact) mass is 260 g/mol. The quantitative estimate of drug-likeness (QED) is 0.658. The number of nitrogens with zero attached hydrogens (tertiary/aromatic N) is 3. The SMILES string of the molecule is CC(N)c1cnn(CCc2ccccc2[N+](=O)[O-])c1. The molecular formula is C13H16N4O2. The van der Waals surface area contributed by atoms with Gasteiger partial charge in [-0.15, -0.1) is 0 Å². The zero-order valence-corrected chi connectivity index (χ0v) is 10.7. The van der Waals surface area contributed by atoms with Crippen molar-refractivity contribution in [3.63, 3.8) is 0 Å². The number of para-hydroxylation sites is 1. The van der Waals surface area contributed by atoms with Gasteiger partial charge in [-0.2, -0.15) is 5.10 Å². The van der Waals surface area contributed by atoms with E-state index in [4.69, 9.17) is 5.73 Å². The molecule has 2 aromatic rings. The molecule has 1 aromatic carbocycles. The van der Waals surface area contributed by atoms with E-state index in [0.29, 0.717) is 18.5 Å². The van der Waals surface area contributed by atoms with E-state index < -0.39 is 0 Å². The van der Waals surface area contributed by atoms with Gasteiger partial charge in [-0.1, -0.05) is 18.2 Å². The predicted molar refractivity (Wildman–Crippen MR) is 71.6 cm³/mol. The Morgan fingerprint density at radius 3 is 2.84 bits per heavy atom. The molecule has 0 radical (unpaired) electrons. The largest absolute Gasteiger partial charge is 0.324 e. The first-order valence-corrected chi connectivity index (χ1v) is 6.08. The van der Waals surface area contributed by atoms with Crippen LogP contribution in [-0.4, -0.2) is 14.7 Å². The Kier molecular flexibility index (Phi) is 3.91. The minimum Gasteiger partial charge on any atom is -0.324 e. The zero-order valence-electron chi connectivity index (χ0n) is 10.7. The second-order valence-electron chi connectivity index (χ2n) is 4.46. The van der Waals surface area contributed by atoms with E-state index in [-0.39, 0.29) is 16.7 Å². The summed E-state index contributed by atoms with van der Waals surface area (Å²) in [5.74, 6) is 0. The second kappa shape index (κ2) is 5.62. The van der Waals surface area contributed by atoms with Crippen LogP contribution in [0.5, 0.6) is 0 Å². The number of hydrogen-bond acceptors (Lipinski definition) is 4. The zero-order chi connectivity index (χ0) is 13.8. The summed E-state index contributed by atoms with van der Waals surface area (Å²) in [5, 5.41) is 15.1. The third-order valence-electron chi connectivity index (χ3n) is 2.98. The summed E-state index contributed by atoms with van der Waals surface area (Å²) in [7, 11) is 0. The molecule has 0 amide bonds. The molecule has 0 aliphatic heterocycles. The molecule has 2 N–H and O–H groups in total. The normalized spacial score (nSPS) is 12.3. The van der Waals surface area contributed by atoms with Crippen molar-refractivity contribution in [1.82, 2.24) is 9.78 Å². The number of aromatic nitrogens is 2. The van der Waals surface area contributed by atoms with Gasteiger partial charge in [0.15, 0.2) is 0 Å². The van der Waals surface area contributed by atoms with E-state index in [1.807, 2.05) is 13.1 Å². The highest BCUT2D eigenvalue weighted by molar-refractivity contribution is 5.39. The Bertz CT molecular complexity index is 578. The van der Waals surface area contributed by atoms with Gasteiger partial charge in [0.1, 0.15) is 0 Å². The Hall–Kier alpha value is -2.21. The van der Waals surface area contributed by atoms with Gasteiger partial charge < -0.3 is 5.73 Å². The molecule has 2 rings (SSSR count). The number of rotatable bonds is 5. The summed E-state index contributed by atoms with van der Waals surface area (Å²) >= 11 is 0. The maximum absolute atomic E-state index is 10.9. The average molecular weight is 260 g/mol. The van der Waals surface area contributed by atoms with Gasteiger partial charge in [0.25, 0.3) is 5.69 Å². The summed E-state index contributed by atoms with van der Waals surface area (Å²) in [6.45, 7) is 2.49. The summed E-state index contributed by atoms with van der Waals surface area (Å²) in [5.41, 5.74) is 7.58. The van der Waals surface area contributed by atoms with E-state index in [9.17, 15) is 10.1 Å². The van der Waals surface area contributed by atoms with Crippen LogP contribution in [0.25, 0.3) is 0 Å². The van der Waals surface area contributed by atoms with Crippen molar-refractivity contribution >= 4 is 5.69 Å². The molecule has 0 aliphatic carbocycles. The third-order valence-corrected chi connectivity index (χ3v) is 2.98. The molecule has 1 atom stereocenters. The summed E-state index contributed by atoms with van der Waals surface area (Å²) in [4.78, 5) is 10.5. The fourth-order valence-electron chi connectivity index (χ4n) is 1.87. The highest BCUT2D eigenvalue weighted by Crippen LogP contribution is 2.18. The lowest BCUT2D eigenvalue weighted by Crippen LogP contribution is -2.05. The number of nitro groups is 1. The van der Waals surface area contributed by atoms with Crippen molar-refractivity contribution in [2.45, 2.75) is 25.9 Å².